The molecule has 0 aromatic carbocycles. The molecule has 1 saturated carbocycles. The van der Waals surface area contributed by atoms with Crippen LogP contribution in [-0.2, 0) is 6.18 Å². The summed E-state index contributed by atoms with van der Waals surface area (Å²) in [4.78, 5) is 6.92. The van der Waals surface area contributed by atoms with Crippen molar-refractivity contribution in [2.45, 2.75) is 44.4 Å². The van der Waals surface area contributed by atoms with E-state index in [0.717, 1.165) is 12.8 Å². The molecule has 3 N–H and O–H groups in total. The molecule has 0 unspecified atom stereocenters. The van der Waals surface area contributed by atoms with Crippen LogP contribution < -0.4 is 10.6 Å². The molecule has 1 fully saturated rings. The molecular weight excluding hydrogens is 285 g/mol. The zero-order valence-electron chi connectivity index (χ0n) is 11.8. The van der Waals surface area contributed by atoms with E-state index in [-0.39, 0.29) is 18.2 Å². The van der Waals surface area contributed by atoms with Gasteiger partial charge < -0.3 is 15.7 Å². The molecule has 0 amide bonds. The summed E-state index contributed by atoms with van der Waals surface area (Å²) < 4.78 is 38.3. The minimum absolute atomic E-state index is 0.0635. The number of aliphatic hydroxyl groups is 1. The molecule has 0 aliphatic heterocycles. The fourth-order valence-electron chi connectivity index (χ4n) is 2.40. The van der Waals surface area contributed by atoms with Gasteiger partial charge in [0.2, 0.25) is 5.82 Å². The van der Waals surface area contributed by atoms with Crippen LogP contribution in [0.4, 0.5) is 24.8 Å². The highest BCUT2D eigenvalue weighted by Crippen LogP contribution is 2.31. The summed E-state index contributed by atoms with van der Waals surface area (Å²) >= 11 is 0. The van der Waals surface area contributed by atoms with Crippen molar-refractivity contribution in [3.8, 4) is 0 Å². The van der Waals surface area contributed by atoms with Gasteiger partial charge in [-0.15, -0.1) is 0 Å². The van der Waals surface area contributed by atoms with Crippen molar-refractivity contribution in [2.24, 2.45) is 0 Å². The van der Waals surface area contributed by atoms with E-state index in [1.807, 2.05) is 0 Å². The lowest BCUT2D eigenvalue weighted by Crippen LogP contribution is -2.33. The molecule has 1 aromatic heterocycles. The van der Waals surface area contributed by atoms with Crippen LogP contribution in [0.15, 0.2) is 6.07 Å². The monoisotopic (exact) mass is 304 g/mol. The third-order valence-electron chi connectivity index (χ3n) is 3.47. The second-order valence-electron chi connectivity index (χ2n) is 5.28. The van der Waals surface area contributed by atoms with E-state index in [1.165, 1.54) is 6.07 Å². The smallest absolute Gasteiger partial charge is 0.388 e. The Morgan fingerprint density at radius 3 is 2.29 bits per heavy atom. The molecule has 1 aliphatic carbocycles. The number of rotatable bonds is 5. The summed E-state index contributed by atoms with van der Waals surface area (Å²) in [7, 11) is 0. The first-order valence-corrected chi connectivity index (χ1v) is 6.99. The molecule has 5 nitrogen and oxygen atoms in total. The van der Waals surface area contributed by atoms with Gasteiger partial charge in [0.05, 0.1) is 5.60 Å². The standard InChI is InChI=1S/C13H19F3N4O/c1-2-17-9-7-10(20-11(19-9)13(14,15)16)18-8-12(21)5-3-4-6-12/h7,21H,2-6,8H2,1H3,(H2,17,18,19,20). The lowest BCUT2D eigenvalue weighted by atomic mass is 10.0. The fourth-order valence-corrected chi connectivity index (χ4v) is 2.40. The van der Waals surface area contributed by atoms with Crippen LogP contribution >= 0.6 is 0 Å². The van der Waals surface area contributed by atoms with Crippen molar-refractivity contribution < 1.29 is 18.3 Å². The highest BCUT2D eigenvalue weighted by molar-refractivity contribution is 5.48. The number of aromatic nitrogens is 2. The topological polar surface area (TPSA) is 70.1 Å². The van der Waals surface area contributed by atoms with Gasteiger partial charge >= 0.3 is 6.18 Å². The molecule has 0 spiro atoms. The van der Waals surface area contributed by atoms with Crippen LogP contribution in [0.3, 0.4) is 0 Å². The molecule has 1 aliphatic rings. The second kappa shape index (κ2) is 6.05. The Labute approximate surface area is 121 Å². The number of anilines is 2. The normalized spacial score (nSPS) is 17.8. The van der Waals surface area contributed by atoms with E-state index >= 15 is 0 Å². The van der Waals surface area contributed by atoms with Gasteiger partial charge in [0.1, 0.15) is 11.6 Å². The number of hydrogen-bond donors (Lipinski definition) is 3. The van der Waals surface area contributed by atoms with E-state index in [9.17, 15) is 18.3 Å². The maximum Gasteiger partial charge on any atom is 0.451 e. The van der Waals surface area contributed by atoms with Crippen LogP contribution in [0.5, 0.6) is 0 Å². The number of hydrogen-bond acceptors (Lipinski definition) is 5. The Balaban J connectivity index is 2.15. The fraction of sp³-hybridized carbons (Fsp3) is 0.692. The average Bonchev–Trinajstić information content (AvgIpc) is 2.83. The van der Waals surface area contributed by atoms with Crippen molar-refractivity contribution in [3.63, 3.8) is 0 Å². The highest BCUT2D eigenvalue weighted by Gasteiger charge is 2.36. The minimum atomic E-state index is -4.61. The van der Waals surface area contributed by atoms with Gasteiger partial charge in [-0.1, -0.05) is 12.8 Å². The first kappa shape index (κ1) is 15.8. The molecule has 0 atom stereocenters. The Kier molecular flexibility index (Phi) is 4.55. The molecule has 118 valence electrons. The number of alkyl halides is 3. The Morgan fingerprint density at radius 2 is 1.76 bits per heavy atom. The third kappa shape index (κ3) is 4.20. The Morgan fingerprint density at radius 1 is 1.19 bits per heavy atom. The van der Waals surface area contributed by atoms with E-state index in [2.05, 4.69) is 20.6 Å². The van der Waals surface area contributed by atoms with Crippen molar-refractivity contribution in [1.29, 1.82) is 0 Å². The molecular formula is C13H19F3N4O. The molecule has 0 saturated heterocycles. The van der Waals surface area contributed by atoms with E-state index in [0.29, 0.717) is 19.4 Å². The SMILES string of the molecule is CCNc1cc(NCC2(O)CCCC2)nc(C(F)(F)F)n1. The van der Waals surface area contributed by atoms with Gasteiger partial charge in [-0.25, -0.2) is 9.97 Å². The van der Waals surface area contributed by atoms with Crippen molar-refractivity contribution in [3.05, 3.63) is 11.9 Å². The first-order valence-electron chi connectivity index (χ1n) is 6.99. The van der Waals surface area contributed by atoms with E-state index in [4.69, 9.17) is 0 Å². The van der Waals surface area contributed by atoms with E-state index in [1.54, 1.807) is 6.92 Å². The number of nitrogens with one attached hydrogen (secondary N) is 2. The third-order valence-corrected chi connectivity index (χ3v) is 3.47. The van der Waals surface area contributed by atoms with Gasteiger partial charge in [-0.2, -0.15) is 13.2 Å². The van der Waals surface area contributed by atoms with Gasteiger partial charge in [0, 0.05) is 19.2 Å². The maximum absolute atomic E-state index is 12.8. The van der Waals surface area contributed by atoms with Gasteiger partial charge in [0.25, 0.3) is 0 Å². The Bertz CT molecular complexity index is 487. The van der Waals surface area contributed by atoms with Gasteiger partial charge in [0.15, 0.2) is 0 Å². The van der Waals surface area contributed by atoms with Gasteiger partial charge in [-0.3, -0.25) is 0 Å². The van der Waals surface area contributed by atoms with Crippen LogP contribution in [0.1, 0.15) is 38.4 Å². The summed E-state index contributed by atoms with van der Waals surface area (Å²) in [6.45, 7) is 2.41. The molecule has 0 bridgehead atoms. The maximum atomic E-state index is 12.8. The average molecular weight is 304 g/mol. The molecule has 21 heavy (non-hydrogen) atoms. The number of nitrogens with zero attached hydrogens (tertiary/aromatic N) is 2. The summed E-state index contributed by atoms with van der Waals surface area (Å²) in [6.07, 6.45) is -1.45. The largest absolute Gasteiger partial charge is 0.451 e. The van der Waals surface area contributed by atoms with Gasteiger partial charge in [-0.05, 0) is 19.8 Å². The van der Waals surface area contributed by atoms with Crippen molar-refractivity contribution in [2.75, 3.05) is 23.7 Å². The van der Waals surface area contributed by atoms with Crippen molar-refractivity contribution >= 4 is 11.6 Å². The van der Waals surface area contributed by atoms with Crippen LogP contribution in [0.25, 0.3) is 0 Å². The minimum Gasteiger partial charge on any atom is -0.388 e. The quantitative estimate of drug-likeness (QED) is 0.780. The van der Waals surface area contributed by atoms with E-state index < -0.39 is 17.6 Å². The van der Waals surface area contributed by atoms with Crippen LogP contribution in [0.2, 0.25) is 0 Å². The zero-order chi connectivity index (χ0) is 15.5. The molecule has 1 aromatic rings. The zero-order valence-corrected chi connectivity index (χ0v) is 11.8. The lowest BCUT2D eigenvalue weighted by Gasteiger charge is -2.23. The Hall–Kier alpha value is -1.57. The molecule has 8 heteroatoms. The van der Waals surface area contributed by atoms with Crippen molar-refractivity contribution in [1.82, 2.24) is 9.97 Å². The summed E-state index contributed by atoms with van der Waals surface area (Å²) in [5.41, 5.74) is -0.859. The first-order chi connectivity index (χ1) is 9.82. The summed E-state index contributed by atoms with van der Waals surface area (Å²) in [5, 5.41) is 15.8. The second-order valence-corrected chi connectivity index (χ2v) is 5.28. The summed E-state index contributed by atoms with van der Waals surface area (Å²) in [6, 6.07) is 1.41. The molecule has 0 radical (unpaired) electrons. The lowest BCUT2D eigenvalue weighted by molar-refractivity contribution is -0.144. The molecule has 1 heterocycles. The molecule has 2 rings (SSSR count). The number of halogens is 3. The van der Waals surface area contributed by atoms with Crippen LogP contribution in [-0.4, -0.2) is 33.8 Å². The summed E-state index contributed by atoms with van der Waals surface area (Å²) in [5.74, 6) is -1.02. The highest BCUT2D eigenvalue weighted by atomic mass is 19.4. The van der Waals surface area contributed by atoms with Crippen LogP contribution in [0, 0.1) is 0 Å². The predicted octanol–water partition coefficient (Wildman–Crippen LogP) is 2.64. The predicted molar refractivity (Wildman–Crippen MR) is 73.1 cm³/mol.